The molecule has 5 nitrogen and oxygen atoms in total. The van der Waals surface area contributed by atoms with Crippen LogP contribution >= 0.6 is 28.3 Å². The number of carbonyl (C=O) groups excluding carboxylic acids is 1. The van der Waals surface area contributed by atoms with Gasteiger partial charge in [-0.3, -0.25) is 4.79 Å². The summed E-state index contributed by atoms with van der Waals surface area (Å²) in [6, 6.07) is 3.57. The van der Waals surface area contributed by atoms with Crippen LogP contribution < -0.4 is 9.47 Å². The smallest absolute Gasteiger partial charge is 0.254 e. The number of hydrogen-bond donors (Lipinski definition) is 0. The summed E-state index contributed by atoms with van der Waals surface area (Å²) in [6.45, 7) is 5.93. The summed E-state index contributed by atoms with van der Waals surface area (Å²) in [5, 5.41) is 0. The van der Waals surface area contributed by atoms with Crippen LogP contribution in [0.4, 0.5) is 0 Å². The van der Waals surface area contributed by atoms with Crippen molar-refractivity contribution in [3.8, 4) is 11.5 Å². The first kappa shape index (κ1) is 20.1. The maximum Gasteiger partial charge on any atom is 0.254 e. The van der Waals surface area contributed by atoms with E-state index in [-0.39, 0.29) is 18.3 Å². The Hall–Kier alpha value is -0.980. The molecule has 1 aliphatic rings. The number of methoxy groups -OCH3 is 1. The summed E-state index contributed by atoms with van der Waals surface area (Å²) in [5.41, 5.74) is 0.622. The molecule has 0 atom stereocenters. The van der Waals surface area contributed by atoms with E-state index < -0.39 is 0 Å². The van der Waals surface area contributed by atoms with Crippen LogP contribution in [0, 0.1) is 0 Å². The predicted octanol–water partition coefficient (Wildman–Crippen LogP) is 3.06. The van der Waals surface area contributed by atoms with Crippen molar-refractivity contribution in [1.82, 2.24) is 9.80 Å². The van der Waals surface area contributed by atoms with Crippen molar-refractivity contribution in [2.75, 3.05) is 46.9 Å². The van der Waals surface area contributed by atoms with Gasteiger partial charge in [-0.15, -0.1) is 12.4 Å². The molecule has 1 saturated heterocycles. The molecule has 1 aromatic carbocycles. The number of ether oxygens (including phenoxy) is 2. The predicted molar refractivity (Wildman–Crippen MR) is 97.1 cm³/mol. The summed E-state index contributed by atoms with van der Waals surface area (Å²) in [5.74, 6) is 1.25. The lowest BCUT2D eigenvalue weighted by atomic mass is 10.1. The monoisotopic (exact) mass is 406 g/mol. The molecule has 1 aliphatic heterocycles. The minimum Gasteiger partial charge on any atom is -0.493 e. The molecule has 0 radical (unpaired) electrons. The van der Waals surface area contributed by atoms with E-state index in [1.807, 2.05) is 17.9 Å². The Kier molecular flexibility index (Phi) is 8.16. The number of nitrogens with zero attached hydrogens (tertiary/aromatic N) is 2. The number of rotatable bonds is 4. The summed E-state index contributed by atoms with van der Waals surface area (Å²) < 4.78 is 11.7. The molecule has 1 aromatic rings. The third kappa shape index (κ3) is 4.99. The number of halogens is 2. The summed E-state index contributed by atoms with van der Waals surface area (Å²) >= 11 is 3.47. The lowest BCUT2D eigenvalue weighted by Gasteiger charge is -2.21. The van der Waals surface area contributed by atoms with Gasteiger partial charge < -0.3 is 19.3 Å². The van der Waals surface area contributed by atoms with Crippen LogP contribution in [-0.4, -0.2) is 62.7 Å². The highest BCUT2D eigenvalue weighted by Gasteiger charge is 2.21. The first-order valence-electron chi connectivity index (χ1n) is 7.55. The third-order valence-electron chi connectivity index (χ3n) is 3.77. The van der Waals surface area contributed by atoms with E-state index in [2.05, 4.69) is 27.9 Å². The van der Waals surface area contributed by atoms with E-state index >= 15 is 0 Å². The van der Waals surface area contributed by atoms with Gasteiger partial charge in [0.25, 0.3) is 5.91 Å². The molecule has 1 amide bonds. The van der Waals surface area contributed by atoms with Gasteiger partial charge in [0.05, 0.1) is 18.2 Å². The number of carbonyl (C=O) groups is 1. The Morgan fingerprint density at radius 2 is 2.00 bits per heavy atom. The number of likely N-dealkylation sites (N-methyl/N-ethyl adjacent to an activating group) is 1. The second-order valence-electron chi connectivity index (χ2n) is 5.37. The lowest BCUT2D eigenvalue weighted by Crippen LogP contribution is -2.34. The molecule has 130 valence electrons. The Bertz CT molecular complexity index is 542. The number of amides is 1. The molecule has 0 aromatic heterocycles. The van der Waals surface area contributed by atoms with Gasteiger partial charge in [-0.05, 0) is 55.0 Å². The standard InChI is InChI=1S/C16H23BrN2O3.ClH/c1-4-22-15-13(17)10-12(11-14(15)21-3)16(20)19-7-5-6-18(2)8-9-19;/h10-11H,4-9H2,1-3H3;1H. The van der Waals surface area contributed by atoms with Crippen molar-refractivity contribution in [3.05, 3.63) is 22.2 Å². The van der Waals surface area contributed by atoms with Crippen molar-refractivity contribution < 1.29 is 14.3 Å². The van der Waals surface area contributed by atoms with Crippen molar-refractivity contribution in [2.45, 2.75) is 13.3 Å². The van der Waals surface area contributed by atoms with Gasteiger partial charge in [0.15, 0.2) is 11.5 Å². The zero-order valence-corrected chi connectivity index (χ0v) is 16.2. The quantitative estimate of drug-likeness (QED) is 0.769. The van der Waals surface area contributed by atoms with E-state index in [4.69, 9.17) is 9.47 Å². The van der Waals surface area contributed by atoms with Crippen LogP contribution in [0.15, 0.2) is 16.6 Å². The van der Waals surface area contributed by atoms with Gasteiger partial charge >= 0.3 is 0 Å². The highest BCUT2D eigenvalue weighted by molar-refractivity contribution is 9.10. The molecule has 0 bridgehead atoms. The molecule has 0 N–H and O–H groups in total. The van der Waals surface area contributed by atoms with Crippen LogP contribution in [0.2, 0.25) is 0 Å². The average molecular weight is 408 g/mol. The van der Waals surface area contributed by atoms with E-state index in [0.717, 1.165) is 37.1 Å². The van der Waals surface area contributed by atoms with Crippen LogP contribution in [-0.2, 0) is 0 Å². The minimum atomic E-state index is 0. The fraction of sp³-hybridized carbons (Fsp3) is 0.562. The first-order valence-corrected chi connectivity index (χ1v) is 8.34. The molecule has 0 aliphatic carbocycles. The van der Waals surface area contributed by atoms with E-state index in [1.165, 1.54) is 0 Å². The molecule has 1 heterocycles. The summed E-state index contributed by atoms with van der Waals surface area (Å²) in [6.07, 6.45) is 0.998. The molecule has 0 saturated carbocycles. The van der Waals surface area contributed by atoms with Crippen molar-refractivity contribution in [2.24, 2.45) is 0 Å². The van der Waals surface area contributed by atoms with Gasteiger partial charge in [-0.1, -0.05) is 0 Å². The molecule has 1 fully saturated rings. The van der Waals surface area contributed by atoms with Gasteiger partial charge in [-0.25, -0.2) is 0 Å². The van der Waals surface area contributed by atoms with Crippen LogP contribution in [0.3, 0.4) is 0 Å². The Labute approximate surface area is 152 Å². The maximum absolute atomic E-state index is 12.7. The molecule has 23 heavy (non-hydrogen) atoms. The minimum absolute atomic E-state index is 0. The normalized spacial score (nSPS) is 15.6. The second-order valence-corrected chi connectivity index (χ2v) is 6.23. The Morgan fingerprint density at radius 1 is 1.26 bits per heavy atom. The van der Waals surface area contributed by atoms with E-state index in [1.54, 1.807) is 13.2 Å². The van der Waals surface area contributed by atoms with Crippen molar-refractivity contribution >= 4 is 34.2 Å². The highest BCUT2D eigenvalue weighted by Crippen LogP contribution is 2.37. The summed E-state index contributed by atoms with van der Waals surface area (Å²) in [7, 11) is 3.67. The molecule has 7 heteroatoms. The Balaban J connectivity index is 0.00000264. The second kappa shape index (κ2) is 9.35. The fourth-order valence-electron chi connectivity index (χ4n) is 2.56. The van der Waals surface area contributed by atoms with Gasteiger partial charge in [0.1, 0.15) is 0 Å². The van der Waals surface area contributed by atoms with Crippen LogP contribution in [0.5, 0.6) is 11.5 Å². The average Bonchev–Trinajstić information content (AvgIpc) is 2.73. The molecular formula is C16H24BrClN2O3. The number of benzene rings is 1. The van der Waals surface area contributed by atoms with E-state index in [0.29, 0.717) is 23.7 Å². The number of hydrogen-bond acceptors (Lipinski definition) is 4. The molecular weight excluding hydrogens is 384 g/mol. The zero-order chi connectivity index (χ0) is 16.1. The van der Waals surface area contributed by atoms with Gasteiger partial charge in [0, 0.05) is 25.2 Å². The van der Waals surface area contributed by atoms with Crippen molar-refractivity contribution in [1.29, 1.82) is 0 Å². The van der Waals surface area contributed by atoms with Crippen molar-refractivity contribution in [3.63, 3.8) is 0 Å². The molecule has 0 spiro atoms. The molecule has 0 unspecified atom stereocenters. The van der Waals surface area contributed by atoms with E-state index in [9.17, 15) is 4.79 Å². The zero-order valence-electron chi connectivity index (χ0n) is 13.8. The summed E-state index contributed by atoms with van der Waals surface area (Å²) in [4.78, 5) is 16.9. The van der Waals surface area contributed by atoms with Crippen LogP contribution in [0.25, 0.3) is 0 Å². The van der Waals surface area contributed by atoms with Gasteiger partial charge in [0.2, 0.25) is 0 Å². The SMILES string of the molecule is CCOc1c(Br)cc(C(=O)N2CCCN(C)CC2)cc1OC.Cl. The fourth-order valence-corrected chi connectivity index (χ4v) is 3.12. The van der Waals surface area contributed by atoms with Gasteiger partial charge in [-0.2, -0.15) is 0 Å². The Morgan fingerprint density at radius 3 is 2.65 bits per heavy atom. The maximum atomic E-state index is 12.7. The third-order valence-corrected chi connectivity index (χ3v) is 4.36. The molecule has 2 rings (SSSR count). The van der Waals surface area contributed by atoms with Crippen LogP contribution in [0.1, 0.15) is 23.7 Å². The highest BCUT2D eigenvalue weighted by atomic mass is 79.9. The topological polar surface area (TPSA) is 42.0 Å². The first-order chi connectivity index (χ1) is 10.6. The largest absolute Gasteiger partial charge is 0.493 e. The lowest BCUT2D eigenvalue weighted by molar-refractivity contribution is 0.0762.